The van der Waals surface area contributed by atoms with Crippen molar-refractivity contribution in [3.05, 3.63) is 30.1 Å². The SMILES string of the molecule is CCCCOC(=O)CN1CCCN(S(=O)(=O)c2ccc(F)cc2)CC1. The van der Waals surface area contributed by atoms with Crippen LogP contribution < -0.4 is 0 Å². The average Bonchev–Trinajstić information content (AvgIpc) is 2.81. The fraction of sp³-hybridized carbons (Fsp3) is 0.588. The Morgan fingerprint density at radius 3 is 2.56 bits per heavy atom. The van der Waals surface area contributed by atoms with Crippen LogP contribution in [0.1, 0.15) is 26.2 Å². The lowest BCUT2D eigenvalue weighted by molar-refractivity contribution is -0.145. The van der Waals surface area contributed by atoms with Gasteiger partial charge in [-0.15, -0.1) is 0 Å². The number of rotatable bonds is 7. The second-order valence-electron chi connectivity index (χ2n) is 6.06. The van der Waals surface area contributed by atoms with E-state index >= 15 is 0 Å². The number of carbonyl (C=O) groups is 1. The molecule has 8 heteroatoms. The van der Waals surface area contributed by atoms with Crippen LogP contribution in [0, 0.1) is 5.82 Å². The molecule has 0 amide bonds. The van der Waals surface area contributed by atoms with Crippen LogP contribution >= 0.6 is 0 Å². The molecule has 1 heterocycles. The van der Waals surface area contributed by atoms with Gasteiger partial charge in [-0.1, -0.05) is 13.3 Å². The van der Waals surface area contributed by atoms with Crippen molar-refractivity contribution >= 4 is 16.0 Å². The Kier molecular flexibility index (Phi) is 7.34. The lowest BCUT2D eigenvalue weighted by Crippen LogP contribution is -2.37. The number of halogens is 1. The number of ether oxygens (including phenoxy) is 1. The van der Waals surface area contributed by atoms with Gasteiger partial charge >= 0.3 is 5.97 Å². The molecule has 1 fully saturated rings. The van der Waals surface area contributed by atoms with Crippen molar-refractivity contribution in [1.82, 2.24) is 9.21 Å². The van der Waals surface area contributed by atoms with Crippen molar-refractivity contribution in [3.63, 3.8) is 0 Å². The van der Waals surface area contributed by atoms with E-state index in [0.717, 1.165) is 25.0 Å². The lowest BCUT2D eigenvalue weighted by Gasteiger charge is -2.21. The molecule has 140 valence electrons. The zero-order valence-electron chi connectivity index (χ0n) is 14.5. The Bertz CT molecular complexity index is 664. The Labute approximate surface area is 148 Å². The van der Waals surface area contributed by atoms with E-state index in [4.69, 9.17) is 4.74 Å². The fourth-order valence-electron chi connectivity index (χ4n) is 2.66. The lowest BCUT2D eigenvalue weighted by atomic mass is 10.3. The standard InChI is InChI=1S/C17H25FN2O4S/c1-2-3-13-24-17(21)14-19-9-4-10-20(12-11-19)25(22,23)16-7-5-15(18)6-8-16/h5-8H,2-4,9-14H2,1H3. The molecule has 0 unspecified atom stereocenters. The van der Waals surface area contributed by atoms with Crippen molar-refractivity contribution in [2.24, 2.45) is 0 Å². The van der Waals surface area contributed by atoms with Crippen LogP contribution in [-0.4, -0.2) is 62.9 Å². The molecule has 1 saturated heterocycles. The van der Waals surface area contributed by atoms with Crippen molar-refractivity contribution in [2.45, 2.75) is 31.1 Å². The van der Waals surface area contributed by atoms with Gasteiger partial charge in [-0.3, -0.25) is 9.69 Å². The molecule has 0 spiro atoms. The van der Waals surface area contributed by atoms with Gasteiger partial charge < -0.3 is 4.74 Å². The highest BCUT2D eigenvalue weighted by atomic mass is 32.2. The molecular weight excluding hydrogens is 347 g/mol. The predicted molar refractivity (Wildman–Crippen MR) is 92.1 cm³/mol. The number of benzene rings is 1. The zero-order valence-corrected chi connectivity index (χ0v) is 15.3. The first-order valence-corrected chi connectivity index (χ1v) is 10.0. The molecule has 0 bridgehead atoms. The van der Waals surface area contributed by atoms with Crippen LogP contribution in [0.15, 0.2) is 29.2 Å². The number of carbonyl (C=O) groups excluding carboxylic acids is 1. The molecule has 1 aromatic carbocycles. The van der Waals surface area contributed by atoms with Gasteiger partial charge in [0.05, 0.1) is 18.0 Å². The minimum absolute atomic E-state index is 0.0846. The second kappa shape index (κ2) is 9.26. The Hall–Kier alpha value is -1.51. The Morgan fingerprint density at radius 1 is 1.16 bits per heavy atom. The van der Waals surface area contributed by atoms with E-state index in [-0.39, 0.29) is 17.4 Å². The summed E-state index contributed by atoms with van der Waals surface area (Å²) in [6, 6.07) is 4.84. The summed E-state index contributed by atoms with van der Waals surface area (Å²) in [7, 11) is -3.65. The maximum atomic E-state index is 13.0. The summed E-state index contributed by atoms with van der Waals surface area (Å²) in [4.78, 5) is 13.8. The molecule has 6 nitrogen and oxygen atoms in total. The van der Waals surface area contributed by atoms with E-state index < -0.39 is 15.8 Å². The molecule has 2 rings (SSSR count). The monoisotopic (exact) mass is 372 g/mol. The van der Waals surface area contributed by atoms with Gasteiger partial charge in [0.25, 0.3) is 0 Å². The number of esters is 1. The van der Waals surface area contributed by atoms with Gasteiger partial charge in [-0.25, -0.2) is 12.8 Å². The maximum absolute atomic E-state index is 13.0. The van der Waals surface area contributed by atoms with Crippen molar-refractivity contribution in [2.75, 3.05) is 39.3 Å². The predicted octanol–water partition coefficient (Wildman–Crippen LogP) is 1.87. The molecule has 0 radical (unpaired) electrons. The number of sulfonamides is 1. The number of nitrogens with zero attached hydrogens (tertiary/aromatic N) is 2. The van der Waals surface area contributed by atoms with Crippen LogP contribution in [-0.2, 0) is 19.6 Å². The number of hydrogen-bond donors (Lipinski definition) is 0. The Balaban J connectivity index is 1.92. The number of hydrogen-bond acceptors (Lipinski definition) is 5. The van der Waals surface area contributed by atoms with Gasteiger partial charge in [0.1, 0.15) is 5.82 Å². The molecule has 0 aromatic heterocycles. The second-order valence-corrected chi connectivity index (χ2v) is 8.00. The van der Waals surface area contributed by atoms with Crippen LogP contribution in [0.2, 0.25) is 0 Å². The smallest absolute Gasteiger partial charge is 0.320 e. The summed E-state index contributed by atoms with van der Waals surface area (Å²) in [5.41, 5.74) is 0. The van der Waals surface area contributed by atoms with Gasteiger partial charge in [0, 0.05) is 26.2 Å². The summed E-state index contributed by atoms with van der Waals surface area (Å²) in [5.74, 6) is -0.745. The highest BCUT2D eigenvalue weighted by Gasteiger charge is 2.27. The summed E-state index contributed by atoms with van der Waals surface area (Å²) in [6.07, 6.45) is 2.44. The van der Waals surface area contributed by atoms with E-state index in [0.29, 0.717) is 39.2 Å². The fourth-order valence-corrected chi connectivity index (χ4v) is 4.13. The minimum Gasteiger partial charge on any atom is -0.465 e. The molecule has 0 atom stereocenters. The topological polar surface area (TPSA) is 66.9 Å². The maximum Gasteiger partial charge on any atom is 0.320 e. The zero-order chi connectivity index (χ0) is 18.3. The van der Waals surface area contributed by atoms with Gasteiger partial charge in [0.15, 0.2) is 0 Å². The van der Waals surface area contributed by atoms with E-state index in [2.05, 4.69) is 0 Å². The molecule has 0 aliphatic carbocycles. The van der Waals surface area contributed by atoms with Crippen LogP contribution in [0.25, 0.3) is 0 Å². The number of unbranched alkanes of at least 4 members (excludes halogenated alkanes) is 1. The quantitative estimate of drug-likeness (QED) is 0.540. The molecule has 25 heavy (non-hydrogen) atoms. The molecule has 0 saturated carbocycles. The van der Waals surface area contributed by atoms with E-state index in [9.17, 15) is 17.6 Å². The van der Waals surface area contributed by atoms with Gasteiger partial charge in [-0.05, 0) is 37.1 Å². The third-order valence-electron chi connectivity index (χ3n) is 4.11. The minimum atomic E-state index is -3.65. The molecular formula is C17H25FN2O4S. The van der Waals surface area contributed by atoms with Gasteiger partial charge in [0.2, 0.25) is 10.0 Å². The molecule has 1 aliphatic rings. The first-order chi connectivity index (χ1) is 11.9. The third kappa shape index (κ3) is 5.76. The third-order valence-corrected chi connectivity index (χ3v) is 6.03. The highest BCUT2D eigenvalue weighted by Crippen LogP contribution is 2.18. The van der Waals surface area contributed by atoms with Crippen LogP contribution in [0.4, 0.5) is 4.39 Å². The van der Waals surface area contributed by atoms with Crippen molar-refractivity contribution in [3.8, 4) is 0 Å². The van der Waals surface area contributed by atoms with Crippen LogP contribution in [0.3, 0.4) is 0 Å². The van der Waals surface area contributed by atoms with Crippen LogP contribution in [0.5, 0.6) is 0 Å². The van der Waals surface area contributed by atoms with Crippen molar-refractivity contribution in [1.29, 1.82) is 0 Å². The van der Waals surface area contributed by atoms with Gasteiger partial charge in [-0.2, -0.15) is 4.31 Å². The summed E-state index contributed by atoms with van der Waals surface area (Å²) in [5, 5.41) is 0. The van der Waals surface area contributed by atoms with E-state index in [1.807, 2.05) is 11.8 Å². The van der Waals surface area contributed by atoms with Crippen molar-refractivity contribution < 1.29 is 22.3 Å². The Morgan fingerprint density at radius 2 is 1.88 bits per heavy atom. The summed E-state index contributed by atoms with van der Waals surface area (Å²) < 4.78 is 44.8. The first kappa shape index (κ1) is 19.8. The normalized spacial score (nSPS) is 17.2. The van der Waals surface area contributed by atoms with E-state index in [1.165, 1.54) is 16.4 Å². The highest BCUT2D eigenvalue weighted by molar-refractivity contribution is 7.89. The van der Waals surface area contributed by atoms with E-state index in [1.54, 1.807) is 0 Å². The first-order valence-electron chi connectivity index (χ1n) is 8.57. The summed E-state index contributed by atoms with van der Waals surface area (Å²) in [6.45, 7) is 4.39. The largest absolute Gasteiger partial charge is 0.465 e. The average molecular weight is 372 g/mol. The summed E-state index contributed by atoms with van der Waals surface area (Å²) >= 11 is 0. The molecule has 1 aliphatic heterocycles. The molecule has 0 N–H and O–H groups in total. The molecule has 1 aromatic rings.